The van der Waals surface area contributed by atoms with Gasteiger partial charge in [0.25, 0.3) is 0 Å². The fourth-order valence-electron chi connectivity index (χ4n) is 4.74. The van der Waals surface area contributed by atoms with Crippen molar-refractivity contribution in [3.63, 3.8) is 0 Å². The van der Waals surface area contributed by atoms with E-state index in [1.165, 1.54) is 11.8 Å². The molecule has 3 heterocycles. The Morgan fingerprint density at radius 2 is 2.06 bits per heavy atom. The molecule has 7 nitrogen and oxygen atoms in total. The Hall–Kier alpha value is -2.98. The predicted molar refractivity (Wildman–Crippen MR) is 125 cm³/mol. The quantitative estimate of drug-likeness (QED) is 0.552. The molecule has 0 bridgehead atoms. The highest BCUT2D eigenvalue weighted by Crippen LogP contribution is 2.66. The fourth-order valence-corrected chi connectivity index (χ4v) is 6.19. The molecule has 0 saturated heterocycles. The third-order valence-electron chi connectivity index (χ3n) is 6.39. The van der Waals surface area contributed by atoms with Crippen molar-refractivity contribution >= 4 is 39.3 Å². The van der Waals surface area contributed by atoms with E-state index in [2.05, 4.69) is 20.3 Å². The number of amidine groups is 1. The molecule has 3 N–H and O–H groups in total. The number of nitrogens with two attached hydrogens (primary N) is 1. The molecule has 2 aliphatic rings. The van der Waals surface area contributed by atoms with Gasteiger partial charge in [-0.3, -0.25) is 4.99 Å². The first-order chi connectivity index (χ1) is 15.8. The summed E-state index contributed by atoms with van der Waals surface area (Å²) in [6.45, 7) is 2.26. The van der Waals surface area contributed by atoms with Gasteiger partial charge in [0.05, 0.1) is 30.2 Å². The van der Waals surface area contributed by atoms with Crippen LogP contribution in [0.2, 0.25) is 0 Å². The highest BCUT2D eigenvalue weighted by atomic mass is 32.2. The lowest BCUT2D eigenvalue weighted by molar-refractivity contribution is 0.184. The van der Waals surface area contributed by atoms with Gasteiger partial charge in [0.15, 0.2) is 22.6 Å². The largest absolute Gasteiger partial charge is 0.495 e. The Kier molecular flexibility index (Phi) is 5.17. The van der Waals surface area contributed by atoms with Crippen molar-refractivity contribution in [2.75, 3.05) is 26.1 Å². The predicted octanol–water partition coefficient (Wildman–Crippen LogP) is 4.34. The Morgan fingerprint density at radius 1 is 1.24 bits per heavy atom. The summed E-state index contributed by atoms with van der Waals surface area (Å²) < 4.78 is 40.2. The number of benzene rings is 1. The van der Waals surface area contributed by atoms with Crippen LogP contribution >= 0.6 is 11.8 Å². The van der Waals surface area contributed by atoms with E-state index in [-0.39, 0.29) is 16.2 Å². The van der Waals surface area contributed by atoms with Crippen LogP contribution in [0.25, 0.3) is 10.9 Å². The van der Waals surface area contributed by atoms with Gasteiger partial charge in [-0.25, -0.2) is 18.7 Å². The van der Waals surface area contributed by atoms with Crippen molar-refractivity contribution < 1.29 is 18.3 Å². The Labute approximate surface area is 193 Å². The molecular weight excluding hydrogens is 448 g/mol. The lowest BCUT2D eigenvalue weighted by Gasteiger charge is -2.34. The molecule has 1 aliphatic carbocycles. The minimum atomic E-state index is -1.02. The van der Waals surface area contributed by atoms with Crippen LogP contribution in [0.1, 0.15) is 18.9 Å². The summed E-state index contributed by atoms with van der Waals surface area (Å²) in [5.41, 5.74) is 6.16. The maximum Gasteiger partial charge on any atom is 0.164 e. The molecular formula is C23H23F2N5O2S. The zero-order valence-electron chi connectivity index (χ0n) is 18.4. The molecule has 0 unspecified atom stereocenters. The smallest absolute Gasteiger partial charge is 0.164 e. The van der Waals surface area contributed by atoms with Crippen LogP contribution in [0, 0.1) is 17.6 Å². The Balaban J connectivity index is 1.56. The lowest BCUT2D eigenvalue weighted by Crippen LogP contribution is -2.37. The zero-order chi connectivity index (χ0) is 23.4. The van der Waals surface area contributed by atoms with Crippen LogP contribution in [0.4, 0.5) is 20.3 Å². The first kappa shape index (κ1) is 21.8. The zero-order valence-corrected chi connectivity index (χ0v) is 19.2. The normalized spacial score (nSPS) is 26.0. The summed E-state index contributed by atoms with van der Waals surface area (Å²) >= 11 is 1.45. The van der Waals surface area contributed by atoms with Gasteiger partial charge in [-0.1, -0.05) is 11.8 Å². The second kappa shape index (κ2) is 7.81. The summed E-state index contributed by atoms with van der Waals surface area (Å²) in [5.74, 6) is -0.914. The number of hydrogen-bond acceptors (Lipinski definition) is 8. The topological polar surface area (TPSA) is 94.6 Å². The number of anilines is 2. The molecule has 2 aromatic heterocycles. The number of thioether (sulfide) groups is 1. The summed E-state index contributed by atoms with van der Waals surface area (Å²) in [5, 5.41) is 4.23. The van der Waals surface area contributed by atoms with E-state index in [4.69, 9.17) is 15.2 Å². The molecule has 10 heteroatoms. The molecule has 5 rings (SSSR count). The van der Waals surface area contributed by atoms with Gasteiger partial charge in [0.2, 0.25) is 0 Å². The number of fused-ring (bicyclic) bond motifs is 2. The van der Waals surface area contributed by atoms with E-state index in [0.29, 0.717) is 34.5 Å². The average Bonchev–Trinajstić information content (AvgIpc) is 3.50. The van der Waals surface area contributed by atoms with Crippen LogP contribution in [-0.4, -0.2) is 40.7 Å². The maximum absolute atomic E-state index is 15.1. The number of nitrogens with one attached hydrogen (secondary N) is 1. The maximum atomic E-state index is 15.1. The number of pyridine rings is 2. The fraction of sp³-hybridized carbons (Fsp3) is 0.348. The monoisotopic (exact) mass is 471 g/mol. The second-order valence-electron chi connectivity index (χ2n) is 8.51. The molecule has 0 radical (unpaired) electrons. The summed E-state index contributed by atoms with van der Waals surface area (Å²) in [4.78, 5) is 13.3. The highest BCUT2D eigenvalue weighted by Gasteiger charge is 2.66. The number of nitrogens with zero attached hydrogens (tertiary/aromatic N) is 3. The second-order valence-corrected chi connectivity index (χ2v) is 9.94. The van der Waals surface area contributed by atoms with Crippen LogP contribution in [0.3, 0.4) is 0 Å². The number of aliphatic imine (C=N–C) groups is 1. The highest BCUT2D eigenvalue weighted by molar-refractivity contribution is 8.15. The van der Waals surface area contributed by atoms with Gasteiger partial charge in [0.1, 0.15) is 11.3 Å². The van der Waals surface area contributed by atoms with Crippen molar-refractivity contribution in [3.8, 4) is 5.75 Å². The van der Waals surface area contributed by atoms with Crippen LogP contribution in [-0.2, 0) is 10.3 Å². The first-order valence-electron chi connectivity index (χ1n) is 10.4. The summed E-state index contributed by atoms with van der Waals surface area (Å²) in [7, 11) is 3.18. The molecule has 3 aromatic rings. The SMILES string of the molecule is COC[C@]12C[C@H]1[C@](C)(c1cc(Nc3nccc4cc(OC)cnc34)cc(F)c1F)N=C(N)S2. The van der Waals surface area contributed by atoms with E-state index >= 15 is 4.39 Å². The minimum absolute atomic E-state index is 0.0313. The third-order valence-corrected chi connectivity index (χ3v) is 7.66. The van der Waals surface area contributed by atoms with Gasteiger partial charge >= 0.3 is 0 Å². The van der Waals surface area contributed by atoms with Crippen molar-refractivity contribution in [2.24, 2.45) is 16.6 Å². The molecule has 3 atom stereocenters. The van der Waals surface area contributed by atoms with Gasteiger partial charge in [0, 0.05) is 41.9 Å². The molecule has 1 aliphatic heterocycles. The minimum Gasteiger partial charge on any atom is -0.495 e. The van der Waals surface area contributed by atoms with Crippen molar-refractivity contribution in [1.82, 2.24) is 9.97 Å². The molecule has 0 spiro atoms. The molecule has 1 fully saturated rings. The van der Waals surface area contributed by atoms with E-state index in [1.54, 1.807) is 45.7 Å². The van der Waals surface area contributed by atoms with Crippen LogP contribution in [0.15, 0.2) is 41.7 Å². The number of rotatable bonds is 6. The van der Waals surface area contributed by atoms with E-state index in [0.717, 1.165) is 17.9 Å². The first-order valence-corrected chi connectivity index (χ1v) is 11.2. The standard InChI is InChI=1S/C23H23F2N5O2S/c1-22(17-9-23(17,11-31-2)33-21(26)30-22)15-7-13(8-16(24)18(15)25)29-20-19-12(4-5-27-20)6-14(32-3)10-28-19/h4-8,10,17H,9,11H2,1-3H3,(H2,26,30)(H,27,29)/t17-,22-,23+/m0/s1. The summed E-state index contributed by atoms with van der Waals surface area (Å²) in [6, 6.07) is 6.30. The average molecular weight is 472 g/mol. The van der Waals surface area contributed by atoms with Gasteiger partial charge in [-0.05, 0) is 31.5 Å². The van der Waals surface area contributed by atoms with Crippen molar-refractivity contribution in [3.05, 3.63) is 53.9 Å². The number of halogens is 2. The number of hydrogen-bond donors (Lipinski definition) is 2. The molecule has 172 valence electrons. The summed E-state index contributed by atoms with van der Waals surface area (Å²) in [6.07, 6.45) is 3.94. The Bertz CT molecular complexity index is 1290. The van der Waals surface area contributed by atoms with Gasteiger partial charge in [-0.15, -0.1) is 0 Å². The van der Waals surface area contributed by atoms with Crippen LogP contribution in [0.5, 0.6) is 5.75 Å². The van der Waals surface area contributed by atoms with E-state index in [1.807, 2.05) is 6.07 Å². The molecule has 1 saturated carbocycles. The van der Waals surface area contributed by atoms with Gasteiger partial charge in [-0.2, -0.15) is 0 Å². The van der Waals surface area contributed by atoms with Crippen molar-refractivity contribution in [1.29, 1.82) is 0 Å². The number of aromatic nitrogens is 2. The lowest BCUT2D eigenvalue weighted by atomic mass is 9.85. The number of methoxy groups -OCH3 is 2. The molecule has 33 heavy (non-hydrogen) atoms. The van der Waals surface area contributed by atoms with Crippen LogP contribution < -0.4 is 15.8 Å². The molecule has 0 amide bonds. The van der Waals surface area contributed by atoms with Crippen molar-refractivity contribution in [2.45, 2.75) is 23.6 Å². The molecule has 1 aromatic carbocycles. The Morgan fingerprint density at radius 3 is 2.82 bits per heavy atom. The van der Waals surface area contributed by atoms with E-state index in [9.17, 15) is 4.39 Å². The van der Waals surface area contributed by atoms with Gasteiger partial charge < -0.3 is 20.5 Å². The third kappa shape index (κ3) is 3.57. The van der Waals surface area contributed by atoms with E-state index < -0.39 is 17.2 Å². The number of ether oxygens (including phenoxy) is 2.